The maximum Gasteiger partial charge on any atom is 0.347 e. The Morgan fingerprint density at radius 1 is 1.17 bits per heavy atom. The lowest BCUT2D eigenvalue weighted by Gasteiger charge is -2.05. The Bertz CT molecular complexity index is 907. The molecule has 116 valence electrons. The van der Waals surface area contributed by atoms with Gasteiger partial charge >= 0.3 is 5.63 Å². The molecule has 1 heterocycles. The summed E-state index contributed by atoms with van der Waals surface area (Å²) in [5.74, 6) is 0.296. The molecule has 1 amide bonds. The first-order chi connectivity index (χ1) is 11.2. The third-order valence-corrected chi connectivity index (χ3v) is 3.48. The van der Waals surface area contributed by atoms with E-state index in [4.69, 9.17) is 16.0 Å². The minimum Gasteiger partial charge on any atom is -0.403 e. The molecule has 0 aliphatic heterocycles. The van der Waals surface area contributed by atoms with Gasteiger partial charge in [0, 0.05) is 23.6 Å². The first-order valence-electron chi connectivity index (χ1n) is 7.03. The lowest BCUT2D eigenvalue weighted by Crippen LogP contribution is -2.25. The number of amides is 1. The third kappa shape index (κ3) is 3.24. The van der Waals surface area contributed by atoms with Crippen molar-refractivity contribution in [2.24, 2.45) is 0 Å². The number of fused-ring (bicyclic) bond motifs is 1. The molecule has 1 N–H and O–H groups in total. The van der Waals surface area contributed by atoms with Gasteiger partial charge < -0.3 is 9.73 Å². The van der Waals surface area contributed by atoms with E-state index in [0.717, 1.165) is 0 Å². The second kappa shape index (κ2) is 6.62. The van der Waals surface area contributed by atoms with E-state index in [0.29, 0.717) is 34.5 Å². The third-order valence-electron chi connectivity index (χ3n) is 3.29. The first-order valence-corrected chi connectivity index (χ1v) is 7.57. The highest BCUT2D eigenvalue weighted by Gasteiger charge is 2.11. The minimum absolute atomic E-state index is 0.224. The van der Waals surface area contributed by atoms with Crippen LogP contribution in [-0.2, 0) is 0 Å². The van der Waals surface area contributed by atoms with Crippen molar-refractivity contribution in [3.63, 3.8) is 0 Å². The van der Waals surface area contributed by atoms with Crippen LogP contribution in [0.3, 0.4) is 0 Å². The average Bonchev–Trinajstić information content (AvgIpc) is 2.59. The Hall–Kier alpha value is -2.66. The smallest absolute Gasteiger partial charge is 0.347 e. The standard InChI is InChI=1S/C17H13ClN2O3/c18-8-9-19-15(21)12-6-7-13-14(10-12)20-16(23-17(13)22)11-4-2-1-3-5-11/h1-7,10H,8-9H2,(H,19,21). The maximum atomic E-state index is 12.1. The fraction of sp³-hybridized carbons (Fsp3) is 0.118. The van der Waals surface area contributed by atoms with Gasteiger partial charge in [0.15, 0.2) is 0 Å². The maximum absolute atomic E-state index is 12.1. The fourth-order valence-electron chi connectivity index (χ4n) is 2.18. The van der Waals surface area contributed by atoms with Gasteiger partial charge in [-0.05, 0) is 30.3 Å². The predicted molar refractivity (Wildman–Crippen MR) is 88.8 cm³/mol. The second-order valence-electron chi connectivity index (χ2n) is 4.85. The molecule has 0 aliphatic carbocycles. The van der Waals surface area contributed by atoms with Crippen molar-refractivity contribution in [1.29, 1.82) is 0 Å². The Morgan fingerprint density at radius 3 is 2.70 bits per heavy atom. The van der Waals surface area contributed by atoms with Crippen LogP contribution < -0.4 is 10.9 Å². The highest BCUT2D eigenvalue weighted by molar-refractivity contribution is 6.18. The molecule has 0 atom stereocenters. The number of hydrogen-bond donors (Lipinski definition) is 1. The van der Waals surface area contributed by atoms with Crippen LogP contribution in [0.15, 0.2) is 57.7 Å². The lowest BCUT2D eigenvalue weighted by atomic mass is 10.1. The van der Waals surface area contributed by atoms with Crippen molar-refractivity contribution in [2.45, 2.75) is 0 Å². The predicted octanol–water partition coefficient (Wildman–Crippen LogP) is 2.82. The molecule has 0 spiro atoms. The number of rotatable bonds is 4. The molecule has 0 saturated carbocycles. The molecule has 3 rings (SSSR count). The van der Waals surface area contributed by atoms with E-state index in [-0.39, 0.29) is 11.8 Å². The van der Waals surface area contributed by atoms with E-state index in [1.54, 1.807) is 30.3 Å². The molecule has 0 unspecified atom stereocenters. The van der Waals surface area contributed by atoms with Crippen LogP contribution in [0.5, 0.6) is 0 Å². The van der Waals surface area contributed by atoms with Crippen LogP contribution >= 0.6 is 11.6 Å². The van der Waals surface area contributed by atoms with Crippen molar-refractivity contribution in [2.75, 3.05) is 12.4 Å². The van der Waals surface area contributed by atoms with Crippen LogP contribution in [0.25, 0.3) is 22.4 Å². The van der Waals surface area contributed by atoms with Crippen molar-refractivity contribution >= 4 is 28.4 Å². The molecule has 23 heavy (non-hydrogen) atoms. The fourth-order valence-corrected chi connectivity index (χ4v) is 2.27. The molecule has 0 bridgehead atoms. The van der Waals surface area contributed by atoms with Gasteiger partial charge in [-0.3, -0.25) is 4.79 Å². The number of carbonyl (C=O) groups excluding carboxylic acids is 1. The number of halogens is 1. The van der Waals surface area contributed by atoms with E-state index in [1.165, 1.54) is 0 Å². The molecule has 5 nitrogen and oxygen atoms in total. The summed E-state index contributed by atoms with van der Waals surface area (Å²) in [6.45, 7) is 0.373. The highest BCUT2D eigenvalue weighted by Crippen LogP contribution is 2.18. The van der Waals surface area contributed by atoms with Gasteiger partial charge in [-0.2, -0.15) is 0 Å². The summed E-state index contributed by atoms with van der Waals surface area (Å²) in [5, 5.41) is 3.01. The number of nitrogens with one attached hydrogen (secondary N) is 1. The van der Waals surface area contributed by atoms with Gasteiger partial charge in [-0.15, -0.1) is 11.6 Å². The summed E-state index contributed by atoms with van der Waals surface area (Å²) in [7, 11) is 0. The summed E-state index contributed by atoms with van der Waals surface area (Å²) in [6.07, 6.45) is 0. The number of alkyl halides is 1. The van der Waals surface area contributed by atoms with Crippen molar-refractivity contribution in [1.82, 2.24) is 10.3 Å². The average molecular weight is 329 g/mol. The van der Waals surface area contributed by atoms with E-state index in [9.17, 15) is 9.59 Å². The van der Waals surface area contributed by atoms with Gasteiger partial charge in [0.05, 0.1) is 10.9 Å². The number of carbonyl (C=O) groups is 1. The molecule has 0 fully saturated rings. The minimum atomic E-state index is -0.485. The Balaban J connectivity index is 2.07. The zero-order chi connectivity index (χ0) is 16.2. The quantitative estimate of drug-likeness (QED) is 0.747. The van der Waals surface area contributed by atoms with Crippen molar-refractivity contribution in [3.05, 3.63) is 64.5 Å². The van der Waals surface area contributed by atoms with Crippen LogP contribution in [0.1, 0.15) is 10.4 Å². The number of benzene rings is 2. The van der Waals surface area contributed by atoms with Gasteiger partial charge in [0.1, 0.15) is 0 Å². The molecule has 0 saturated heterocycles. The molecule has 0 aliphatic rings. The Labute approximate surface area is 136 Å². The summed E-state index contributed by atoms with van der Waals surface area (Å²) in [5.41, 5.74) is 1.04. The van der Waals surface area contributed by atoms with Crippen LogP contribution in [-0.4, -0.2) is 23.3 Å². The molecular weight excluding hydrogens is 316 g/mol. The van der Waals surface area contributed by atoms with E-state index < -0.39 is 5.63 Å². The highest BCUT2D eigenvalue weighted by atomic mass is 35.5. The van der Waals surface area contributed by atoms with Crippen molar-refractivity contribution in [3.8, 4) is 11.5 Å². The summed E-state index contributed by atoms with van der Waals surface area (Å²) in [6, 6.07) is 13.8. The van der Waals surface area contributed by atoms with Gasteiger partial charge in [0.25, 0.3) is 5.91 Å². The molecule has 1 aromatic heterocycles. The molecular formula is C17H13ClN2O3. The topological polar surface area (TPSA) is 72.2 Å². The number of hydrogen-bond acceptors (Lipinski definition) is 4. The van der Waals surface area contributed by atoms with Gasteiger partial charge in [0.2, 0.25) is 5.89 Å². The SMILES string of the molecule is O=C(NCCCl)c1ccc2c(=O)oc(-c3ccccc3)nc2c1. The Morgan fingerprint density at radius 2 is 1.96 bits per heavy atom. The largest absolute Gasteiger partial charge is 0.403 e. The molecule has 0 radical (unpaired) electrons. The van der Waals surface area contributed by atoms with E-state index >= 15 is 0 Å². The summed E-state index contributed by atoms with van der Waals surface area (Å²) >= 11 is 5.56. The zero-order valence-electron chi connectivity index (χ0n) is 12.1. The number of aromatic nitrogens is 1. The zero-order valence-corrected chi connectivity index (χ0v) is 12.8. The van der Waals surface area contributed by atoms with Crippen LogP contribution in [0.2, 0.25) is 0 Å². The van der Waals surface area contributed by atoms with Crippen LogP contribution in [0.4, 0.5) is 0 Å². The molecule has 3 aromatic rings. The normalized spacial score (nSPS) is 10.7. The molecule has 6 heteroatoms. The van der Waals surface area contributed by atoms with Gasteiger partial charge in [-0.25, -0.2) is 9.78 Å². The van der Waals surface area contributed by atoms with Crippen LogP contribution in [0, 0.1) is 0 Å². The summed E-state index contributed by atoms with van der Waals surface area (Å²) < 4.78 is 5.26. The van der Waals surface area contributed by atoms with E-state index in [2.05, 4.69) is 10.3 Å². The lowest BCUT2D eigenvalue weighted by molar-refractivity contribution is 0.0956. The second-order valence-corrected chi connectivity index (χ2v) is 5.23. The first kappa shape index (κ1) is 15.2. The van der Waals surface area contributed by atoms with E-state index in [1.807, 2.05) is 18.2 Å². The number of nitrogens with zero attached hydrogens (tertiary/aromatic N) is 1. The monoisotopic (exact) mass is 328 g/mol. The van der Waals surface area contributed by atoms with Gasteiger partial charge in [-0.1, -0.05) is 18.2 Å². The van der Waals surface area contributed by atoms with Crippen molar-refractivity contribution < 1.29 is 9.21 Å². The molecule has 2 aromatic carbocycles. The summed E-state index contributed by atoms with van der Waals surface area (Å²) in [4.78, 5) is 28.4. The Kier molecular flexibility index (Phi) is 4.39.